The molecule has 0 spiro atoms. The Hall–Kier alpha value is -2.60. The molecule has 0 aliphatic carbocycles. The van der Waals surface area contributed by atoms with E-state index < -0.39 is 0 Å². The maximum atomic E-state index is 6.34. The maximum absolute atomic E-state index is 6.34. The third-order valence-corrected chi connectivity index (χ3v) is 8.82. The van der Waals surface area contributed by atoms with Crippen molar-refractivity contribution >= 4 is 55.1 Å². The summed E-state index contributed by atoms with van der Waals surface area (Å²) < 4.78 is 17.9. The highest BCUT2D eigenvalue weighted by Gasteiger charge is 2.51. The molecule has 3 aromatic carbocycles. The van der Waals surface area contributed by atoms with Gasteiger partial charge in [0.25, 0.3) is 0 Å². The largest absolute Gasteiger partial charge is 0.494 e. The lowest BCUT2D eigenvalue weighted by Crippen LogP contribution is -2.41. The van der Waals surface area contributed by atoms with Crippen LogP contribution >= 0.6 is 11.3 Å². The minimum atomic E-state index is -0.339. The van der Waals surface area contributed by atoms with Gasteiger partial charge < -0.3 is 13.9 Å². The van der Waals surface area contributed by atoms with Gasteiger partial charge in [-0.1, -0.05) is 48.5 Å². The van der Waals surface area contributed by atoms with Crippen molar-refractivity contribution in [3.8, 4) is 5.69 Å². The van der Waals surface area contributed by atoms with Crippen molar-refractivity contribution in [2.75, 3.05) is 0 Å². The molecule has 4 heterocycles. The number of para-hydroxylation sites is 1. The Morgan fingerprint density at radius 3 is 2.38 bits per heavy atom. The number of hydrogen-bond donors (Lipinski definition) is 0. The van der Waals surface area contributed by atoms with Crippen LogP contribution in [0.5, 0.6) is 0 Å². The van der Waals surface area contributed by atoms with Gasteiger partial charge in [0.15, 0.2) is 0 Å². The molecule has 158 valence electrons. The van der Waals surface area contributed by atoms with Gasteiger partial charge in [-0.05, 0) is 56.4 Å². The minimum Gasteiger partial charge on any atom is -0.399 e. The highest BCUT2D eigenvalue weighted by molar-refractivity contribution is 7.26. The van der Waals surface area contributed by atoms with Crippen LogP contribution in [0.15, 0.2) is 60.7 Å². The van der Waals surface area contributed by atoms with Crippen molar-refractivity contribution < 1.29 is 9.31 Å². The third kappa shape index (κ3) is 2.34. The first kappa shape index (κ1) is 18.9. The molecule has 0 N–H and O–H groups in total. The summed E-state index contributed by atoms with van der Waals surface area (Å²) in [6, 6.07) is 22.2. The average molecular weight is 437 g/mol. The summed E-state index contributed by atoms with van der Waals surface area (Å²) in [5.41, 5.74) is 7.08. The topological polar surface area (TPSA) is 23.4 Å². The molecule has 2 aliphatic heterocycles. The van der Waals surface area contributed by atoms with Crippen LogP contribution in [-0.4, -0.2) is 22.9 Å². The van der Waals surface area contributed by atoms with Gasteiger partial charge >= 0.3 is 7.12 Å². The molecule has 3 nitrogen and oxygen atoms in total. The zero-order valence-electron chi connectivity index (χ0n) is 18.7. The van der Waals surface area contributed by atoms with E-state index in [1.165, 1.54) is 48.0 Å². The van der Waals surface area contributed by atoms with Gasteiger partial charge in [-0.25, -0.2) is 0 Å². The van der Waals surface area contributed by atoms with E-state index in [2.05, 4.69) is 92.9 Å². The van der Waals surface area contributed by atoms with E-state index in [-0.39, 0.29) is 18.3 Å². The quantitative estimate of drug-likeness (QED) is 0.286. The molecule has 5 aromatic rings. The standard InChI is InChI=1S/C27H24BNO2S/c1-26(2)27(3,4)31-28(30-26)18-12-13-21-17(15-18)14-16-8-7-10-20-23(16)29(21)24-19-9-5-6-11-22(19)32-25(20)24/h5-13,15H,14H2,1-4H3. The number of rotatable bonds is 1. The summed E-state index contributed by atoms with van der Waals surface area (Å²) in [6.07, 6.45) is 0.926. The Morgan fingerprint density at radius 1 is 0.812 bits per heavy atom. The first-order valence-corrected chi connectivity index (χ1v) is 12.1. The lowest BCUT2D eigenvalue weighted by molar-refractivity contribution is 0.00578. The van der Waals surface area contributed by atoms with Crippen molar-refractivity contribution in [1.29, 1.82) is 0 Å². The zero-order chi connectivity index (χ0) is 21.8. The van der Waals surface area contributed by atoms with E-state index in [1.807, 2.05) is 11.3 Å². The average Bonchev–Trinajstić information content (AvgIpc) is 3.36. The van der Waals surface area contributed by atoms with E-state index in [4.69, 9.17) is 9.31 Å². The summed E-state index contributed by atoms with van der Waals surface area (Å²) >= 11 is 1.90. The highest BCUT2D eigenvalue weighted by atomic mass is 32.1. The molecule has 32 heavy (non-hydrogen) atoms. The molecular weight excluding hydrogens is 413 g/mol. The predicted molar refractivity (Wildman–Crippen MR) is 135 cm³/mol. The van der Waals surface area contributed by atoms with Crippen molar-refractivity contribution in [3.63, 3.8) is 0 Å². The second-order valence-electron chi connectivity index (χ2n) is 10.1. The molecule has 5 heteroatoms. The van der Waals surface area contributed by atoms with Gasteiger partial charge in [-0.2, -0.15) is 0 Å². The Kier molecular flexibility index (Phi) is 3.58. The lowest BCUT2D eigenvalue weighted by atomic mass is 9.77. The first-order valence-electron chi connectivity index (χ1n) is 11.3. The molecule has 0 bridgehead atoms. The summed E-state index contributed by atoms with van der Waals surface area (Å²) in [6.45, 7) is 8.43. The smallest absolute Gasteiger partial charge is 0.399 e. The summed E-state index contributed by atoms with van der Waals surface area (Å²) in [5.74, 6) is 0. The van der Waals surface area contributed by atoms with Crippen LogP contribution < -0.4 is 5.46 Å². The van der Waals surface area contributed by atoms with Crippen LogP contribution in [0.4, 0.5) is 0 Å². The minimum absolute atomic E-state index is 0.339. The second kappa shape index (κ2) is 6.05. The van der Waals surface area contributed by atoms with Crippen LogP contribution in [-0.2, 0) is 15.7 Å². The van der Waals surface area contributed by atoms with Gasteiger partial charge in [-0.15, -0.1) is 11.3 Å². The van der Waals surface area contributed by atoms with Crippen LogP contribution in [0.3, 0.4) is 0 Å². The Labute approximate surface area is 191 Å². The van der Waals surface area contributed by atoms with E-state index in [1.54, 1.807) is 0 Å². The van der Waals surface area contributed by atoms with Gasteiger partial charge in [-0.3, -0.25) is 0 Å². The SMILES string of the molecule is CC1(C)OB(c2ccc3c(c2)Cc2cccc4c5sc6ccccc6c5n-3c24)OC1(C)C. The van der Waals surface area contributed by atoms with E-state index in [0.717, 1.165) is 11.9 Å². The molecule has 1 fully saturated rings. The van der Waals surface area contributed by atoms with Crippen molar-refractivity contribution in [2.45, 2.75) is 45.3 Å². The third-order valence-electron chi connectivity index (χ3n) is 7.63. The highest BCUT2D eigenvalue weighted by Crippen LogP contribution is 2.45. The molecule has 0 radical (unpaired) electrons. The van der Waals surface area contributed by atoms with Crippen LogP contribution in [0, 0.1) is 0 Å². The lowest BCUT2D eigenvalue weighted by Gasteiger charge is -2.32. The number of aromatic nitrogens is 1. The predicted octanol–water partition coefficient (Wildman–Crippen LogP) is 6.20. The van der Waals surface area contributed by atoms with E-state index in [0.29, 0.717) is 0 Å². The fourth-order valence-electron chi connectivity index (χ4n) is 5.27. The van der Waals surface area contributed by atoms with Crippen molar-refractivity contribution in [3.05, 3.63) is 71.8 Å². The van der Waals surface area contributed by atoms with E-state index >= 15 is 0 Å². The van der Waals surface area contributed by atoms with Crippen molar-refractivity contribution in [2.24, 2.45) is 0 Å². The molecule has 0 atom stereocenters. The van der Waals surface area contributed by atoms with Crippen LogP contribution in [0.1, 0.15) is 38.8 Å². The zero-order valence-corrected chi connectivity index (χ0v) is 19.5. The molecule has 0 amide bonds. The number of nitrogens with zero attached hydrogens (tertiary/aromatic N) is 1. The molecule has 7 rings (SSSR count). The Balaban J connectivity index is 1.47. The molecule has 2 aromatic heterocycles. The molecule has 2 aliphatic rings. The summed E-state index contributed by atoms with van der Waals surface area (Å²) in [5, 5.41) is 2.69. The monoisotopic (exact) mass is 437 g/mol. The first-order chi connectivity index (χ1) is 15.3. The van der Waals surface area contributed by atoms with Gasteiger partial charge in [0, 0.05) is 27.6 Å². The van der Waals surface area contributed by atoms with Gasteiger partial charge in [0.05, 0.1) is 26.9 Å². The van der Waals surface area contributed by atoms with Gasteiger partial charge in [0.1, 0.15) is 0 Å². The van der Waals surface area contributed by atoms with Crippen LogP contribution in [0.25, 0.3) is 36.9 Å². The number of hydrogen-bond acceptors (Lipinski definition) is 3. The van der Waals surface area contributed by atoms with Crippen molar-refractivity contribution in [1.82, 2.24) is 4.57 Å². The number of benzene rings is 3. The number of thiophene rings is 1. The molecule has 1 saturated heterocycles. The summed E-state index contributed by atoms with van der Waals surface area (Å²) in [4.78, 5) is 0. The van der Waals surface area contributed by atoms with Crippen LogP contribution in [0.2, 0.25) is 0 Å². The van der Waals surface area contributed by atoms with Gasteiger partial charge in [0.2, 0.25) is 0 Å². The Bertz CT molecular complexity index is 1560. The normalized spacial score (nSPS) is 18.7. The fraction of sp³-hybridized carbons (Fsp3) is 0.259. The fourth-order valence-corrected chi connectivity index (χ4v) is 6.48. The second-order valence-corrected chi connectivity index (χ2v) is 11.1. The summed E-state index contributed by atoms with van der Waals surface area (Å²) in [7, 11) is -0.339. The number of fused-ring (bicyclic) bond motifs is 7. The molecule has 0 saturated carbocycles. The van der Waals surface area contributed by atoms with E-state index in [9.17, 15) is 0 Å². The molecule has 0 unspecified atom stereocenters. The Morgan fingerprint density at radius 2 is 1.56 bits per heavy atom. The molecular formula is C27H24BNO2S. The maximum Gasteiger partial charge on any atom is 0.494 e.